The Morgan fingerprint density at radius 1 is 1.35 bits per heavy atom. The Balaban J connectivity index is 2.10. The molecule has 0 atom stereocenters. The number of anilines is 1. The smallest absolute Gasteiger partial charge is 0.357 e. The number of carbonyl (C=O) groups is 1. The molecule has 2 N–H and O–H groups in total. The third-order valence-electron chi connectivity index (χ3n) is 4.57. The number of ether oxygens (including phenoxy) is 2. The molecule has 1 fully saturated rings. The first-order valence-corrected chi connectivity index (χ1v) is 8.51. The molecule has 3 rings (SSSR count). The van der Waals surface area contributed by atoms with Gasteiger partial charge in [0.1, 0.15) is 17.6 Å². The summed E-state index contributed by atoms with van der Waals surface area (Å²) in [5, 5.41) is 9.24. The quantitative estimate of drug-likeness (QED) is 0.845. The van der Waals surface area contributed by atoms with Crippen molar-refractivity contribution >= 4 is 11.7 Å². The summed E-state index contributed by atoms with van der Waals surface area (Å²) in [6.45, 7) is 0. The number of aromatic nitrogens is 1. The van der Waals surface area contributed by atoms with Crippen molar-refractivity contribution in [2.45, 2.75) is 38.2 Å². The molecule has 2 aromatic rings. The van der Waals surface area contributed by atoms with Gasteiger partial charge in [0.05, 0.1) is 30.2 Å². The van der Waals surface area contributed by atoms with Crippen molar-refractivity contribution in [2.75, 3.05) is 12.8 Å². The van der Waals surface area contributed by atoms with Gasteiger partial charge in [-0.1, -0.05) is 6.42 Å². The molecule has 1 aliphatic carbocycles. The van der Waals surface area contributed by atoms with Crippen molar-refractivity contribution in [3.8, 4) is 17.5 Å². The highest BCUT2D eigenvalue weighted by atomic mass is 19.1. The molecule has 136 valence electrons. The zero-order valence-corrected chi connectivity index (χ0v) is 14.5. The van der Waals surface area contributed by atoms with Crippen LogP contribution in [0.15, 0.2) is 24.4 Å². The molecule has 0 unspecified atom stereocenters. The van der Waals surface area contributed by atoms with Crippen LogP contribution in [0.2, 0.25) is 0 Å². The third kappa shape index (κ3) is 3.36. The zero-order valence-electron chi connectivity index (χ0n) is 14.5. The van der Waals surface area contributed by atoms with Crippen molar-refractivity contribution in [1.29, 1.82) is 5.26 Å². The Kier molecular flexibility index (Phi) is 5.12. The number of hydrogen-bond acceptors (Lipinski definition) is 5. The van der Waals surface area contributed by atoms with Gasteiger partial charge in [-0.05, 0) is 37.8 Å². The summed E-state index contributed by atoms with van der Waals surface area (Å²) < 4.78 is 26.2. The lowest BCUT2D eigenvalue weighted by Crippen LogP contribution is -2.21. The highest BCUT2D eigenvalue weighted by Crippen LogP contribution is 2.33. The van der Waals surface area contributed by atoms with E-state index in [0.717, 1.165) is 25.7 Å². The van der Waals surface area contributed by atoms with E-state index >= 15 is 0 Å². The number of carbonyl (C=O) groups excluding carboxylic acids is 1. The van der Waals surface area contributed by atoms with Gasteiger partial charge in [0.15, 0.2) is 5.69 Å². The van der Waals surface area contributed by atoms with Crippen LogP contribution >= 0.6 is 0 Å². The summed E-state index contributed by atoms with van der Waals surface area (Å²) in [6.07, 6.45) is 6.65. The summed E-state index contributed by atoms with van der Waals surface area (Å²) in [5.74, 6) is -0.766. The fourth-order valence-corrected chi connectivity index (χ4v) is 3.25. The number of esters is 1. The maximum atomic E-state index is 13.9. The van der Waals surface area contributed by atoms with Gasteiger partial charge in [0, 0.05) is 12.3 Å². The Bertz CT molecular complexity index is 864. The third-order valence-corrected chi connectivity index (χ3v) is 4.57. The van der Waals surface area contributed by atoms with Gasteiger partial charge in [0.25, 0.3) is 0 Å². The minimum Gasteiger partial charge on any atom is -0.488 e. The van der Waals surface area contributed by atoms with Gasteiger partial charge in [-0.25, -0.2) is 9.18 Å². The molecule has 0 saturated heterocycles. The molecule has 0 bridgehead atoms. The number of rotatable bonds is 4. The number of nitrogen functional groups attached to an aromatic ring is 1. The standard InChI is InChI=1S/C19H20FN3O3/c1-25-19(24)18-17(22)12(10-21)11-23(18)15-9-13(20)7-8-16(15)26-14-5-3-2-4-6-14/h7-9,11,14H,2-6,22H2,1H3. The van der Waals surface area contributed by atoms with Crippen molar-refractivity contribution < 1.29 is 18.7 Å². The Morgan fingerprint density at radius 3 is 2.73 bits per heavy atom. The molecule has 26 heavy (non-hydrogen) atoms. The van der Waals surface area contributed by atoms with Crippen LogP contribution in [0.4, 0.5) is 10.1 Å². The first-order valence-electron chi connectivity index (χ1n) is 8.51. The van der Waals surface area contributed by atoms with Crippen molar-refractivity contribution in [3.63, 3.8) is 0 Å². The SMILES string of the molecule is COC(=O)c1c(N)c(C#N)cn1-c1cc(F)ccc1OC1CCCCC1. The number of nitriles is 1. The summed E-state index contributed by atoms with van der Waals surface area (Å²) in [7, 11) is 1.22. The molecule has 0 aliphatic heterocycles. The highest BCUT2D eigenvalue weighted by Gasteiger charge is 2.25. The number of nitrogens with two attached hydrogens (primary N) is 1. The molecule has 7 heteroatoms. The number of nitrogens with zero attached hydrogens (tertiary/aromatic N) is 2. The van der Waals surface area contributed by atoms with Crippen LogP contribution in [0.3, 0.4) is 0 Å². The van der Waals surface area contributed by atoms with E-state index in [2.05, 4.69) is 0 Å². The largest absolute Gasteiger partial charge is 0.488 e. The normalized spacial score (nSPS) is 14.7. The Morgan fingerprint density at radius 2 is 2.08 bits per heavy atom. The molecule has 0 radical (unpaired) electrons. The molecule has 1 aliphatic rings. The second-order valence-corrected chi connectivity index (χ2v) is 6.27. The predicted molar refractivity (Wildman–Crippen MR) is 93.7 cm³/mol. The summed E-state index contributed by atoms with van der Waals surface area (Å²) in [4.78, 5) is 12.2. The lowest BCUT2D eigenvalue weighted by Gasteiger charge is -2.24. The second-order valence-electron chi connectivity index (χ2n) is 6.27. The minimum atomic E-state index is -0.711. The van der Waals surface area contributed by atoms with Crippen molar-refractivity contribution in [1.82, 2.24) is 4.57 Å². The maximum Gasteiger partial charge on any atom is 0.357 e. The second kappa shape index (κ2) is 7.48. The average Bonchev–Trinajstić information content (AvgIpc) is 2.99. The van der Waals surface area contributed by atoms with Crippen LogP contribution in [-0.4, -0.2) is 23.8 Å². The molecule has 1 aromatic heterocycles. The minimum absolute atomic E-state index is 0.00720. The van der Waals surface area contributed by atoms with Crippen LogP contribution < -0.4 is 10.5 Å². The van der Waals surface area contributed by atoms with Gasteiger partial charge >= 0.3 is 5.97 Å². The zero-order chi connectivity index (χ0) is 18.7. The molecule has 6 nitrogen and oxygen atoms in total. The van der Waals surface area contributed by atoms with Crippen LogP contribution in [0.5, 0.6) is 5.75 Å². The number of hydrogen-bond donors (Lipinski definition) is 1. The van der Waals surface area contributed by atoms with E-state index in [-0.39, 0.29) is 23.0 Å². The van der Waals surface area contributed by atoms with Crippen LogP contribution in [0.25, 0.3) is 5.69 Å². The lowest BCUT2D eigenvalue weighted by molar-refractivity contribution is 0.0593. The van der Waals surface area contributed by atoms with Gasteiger partial charge in [-0.3, -0.25) is 0 Å². The van der Waals surface area contributed by atoms with Crippen molar-refractivity contribution in [2.24, 2.45) is 0 Å². The van der Waals surface area contributed by atoms with Crippen molar-refractivity contribution in [3.05, 3.63) is 41.5 Å². The summed E-state index contributed by atoms with van der Waals surface area (Å²) in [5.41, 5.74) is 6.31. The fourth-order valence-electron chi connectivity index (χ4n) is 3.25. The molecule has 0 spiro atoms. The average molecular weight is 357 g/mol. The monoisotopic (exact) mass is 357 g/mol. The number of methoxy groups -OCH3 is 1. The summed E-state index contributed by atoms with van der Waals surface area (Å²) in [6, 6.07) is 6.02. The topological polar surface area (TPSA) is 90.3 Å². The van der Waals surface area contributed by atoms with Gasteiger partial charge in [-0.2, -0.15) is 5.26 Å². The van der Waals surface area contributed by atoms with E-state index in [1.807, 2.05) is 6.07 Å². The first-order chi connectivity index (χ1) is 12.5. The molecular formula is C19H20FN3O3. The highest BCUT2D eigenvalue weighted by molar-refractivity contribution is 5.96. The molecular weight excluding hydrogens is 337 g/mol. The fraction of sp³-hybridized carbons (Fsp3) is 0.368. The Hall–Kier alpha value is -3.01. The van der Waals surface area contributed by atoms with E-state index < -0.39 is 11.8 Å². The van der Waals surface area contributed by atoms with Gasteiger partial charge < -0.3 is 19.8 Å². The van der Waals surface area contributed by atoms with Crippen LogP contribution in [0, 0.1) is 17.1 Å². The van der Waals surface area contributed by atoms with E-state index in [4.69, 9.17) is 15.2 Å². The first kappa shape index (κ1) is 17.8. The molecule has 1 heterocycles. The van der Waals surface area contributed by atoms with Gasteiger partial charge in [0.2, 0.25) is 0 Å². The van der Waals surface area contributed by atoms with Gasteiger partial charge in [-0.15, -0.1) is 0 Å². The number of benzene rings is 1. The van der Waals surface area contributed by atoms with E-state index in [0.29, 0.717) is 11.4 Å². The van der Waals surface area contributed by atoms with E-state index in [9.17, 15) is 14.4 Å². The molecule has 1 aromatic carbocycles. The summed E-state index contributed by atoms with van der Waals surface area (Å²) >= 11 is 0. The van der Waals surface area contributed by atoms with E-state index in [1.165, 1.54) is 42.5 Å². The Labute approximate surface area is 150 Å². The number of halogens is 1. The molecule has 1 saturated carbocycles. The van der Waals surface area contributed by atoms with Crippen LogP contribution in [0.1, 0.15) is 48.2 Å². The molecule has 0 amide bonds. The van der Waals surface area contributed by atoms with E-state index in [1.54, 1.807) is 0 Å². The van der Waals surface area contributed by atoms with Crippen LogP contribution in [-0.2, 0) is 4.74 Å². The predicted octanol–water partition coefficient (Wildman–Crippen LogP) is 3.57. The lowest BCUT2D eigenvalue weighted by atomic mass is 9.98. The maximum absolute atomic E-state index is 13.9.